The fourth-order valence-corrected chi connectivity index (χ4v) is 4.97. The molecule has 28 heavy (non-hydrogen) atoms. The Balaban J connectivity index is 1.53. The number of carbonyl (C=O) groups excluding carboxylic acids is 2. The highest BCUT2D eigenvalue weighted by Gasteiger charge is 2.35. The molecule has 2 heterocycles. The number of likely N-dealkylation sites (tertiary alicyclic amines) is 1. The van der Waals surface area contributed by atoms with Gasteiger partial charge >= 0.3 is 0 Å². The Morgan fingerprint density at radius 3 is 2.75 bits per heavy atom. The smallest absolute Gasteiger partial charge is 0.240 e. The molecule has 5 nitrogen and oxygen atoms in total. The van der Waals surface area contributed by atoms with Crippen molar-refractivity contribution in [2.45, 2.75) is 63.6 Å². The predicted molar refractivity (Wildman–Crippen MR) is 107 cm³/mol. The van der Waals surface area contributed by atoms with Gasteiger partial charge in [0, 0.05) is 41.8 Å². The summed E-state index contributed by atoms with van der Waals surface area (Å²) in [6.45, 7) is 1.33. The van der Waals surface area contributed by atoms with Crippen LogP contribution in [0.2, 0.25) is 0 Å². The van der Waals surface area contributed by atoms with Crippen molar-refractivity contribution in [2.24, 2.45) is 11.7 Å². The summed E-state index contributed by atoms with van der Waals surface area (Å²) in [6.07, 6.45) is 10.1. The first-order chi connectivity index (χ1) is 13.6. The van der Waals surface area contributed by atoms with Crippen molar-refractivity contribution in [1.82, 2.24) is 9.47 Å². The summed E-state index contributed by atoms with van der Waals surface area (Å²) in [5.41, 5.74) is 7.67. The Morgan fingerprint density at radius 1 is 1.21 bits per heavy atom. The fraction of sp³-hybridized carbons (Fsp3) is 0.545. The van der Waals surface area contributed by atoms with E-state index in [1.54, 1.807) is 12.3 Å². The van der Waals surface area contributed by atoms with E-state index in [9.17, 15) is 14.0 Å². The summed E-state index contributed by atoms with van der Waals surface area (Å²) < 4.78 is 15.6. The van der Waals surface area contributed by atoms with Crippen LogP contribution in [0.3, 0.4) is 0 Å². The van der Waals surface area contributed by atoms with Crippen LogP contribution in [-0.2, 0) is 11.3 Å². The first kappa shape index (κ1) is 19.1. The number of aldehydes is 1. The van der Waals surface area contributed by atoms with E-state index in [1.807, 2.05) is 9.47 Å². The molecule has 1 aromatic heterocycles. The van der Waals surface area contributed by atoms with Crippen molar-refractivity contribution >= 4 is 23.1 Å². The number of nitrogens with zero attached hydrogens (tertiary/aromatic N) is 2. The standard InChI is InChI=1S/C22H28FN3O2/c23-17-8-9-20-19(11-17)16(14-27)12-25(20)13-18-7-4-10-26(18)22(28)21(24)15-5-2-1-3-6-15/h8-9,11-12,14-15,18,21H,1-7,10,13,24H2/t18-,21-/m0/s1. The lowest BCUT2D eigenvalue weighted by atomic mass is 9.83. The van der Waals surface area contributed by atoms with Crippen molar-refractivity contribution in [3.05, 3.63) is 35.8 Å². The average Bonchev–Trinajstić information content (AvgIpc) is 3.32. The van der Waals surface area contributed by atoms with Crippen LogP contribution in [0.15, 0.2) is 24.4 Å². The third-order valence-electron chi connectivity index (χ3n) is 6.51. The van der Waals surface area contributed by atoms with Gasteiger partial charge in [0.05, 0.1) is 6.04 Å². The summed E-state index contributed by atoms with van der Waals surface area (Å²) in [4.78, 5) is 26.4. The number of hydrogen-bond acceptors (Lipinski definition) is 3. The van der Waals surface area contributed by atoms with Gasteiger partial charge in [0.25, 0.3) is 0 Å². The lowest BCUT2D eigenvalue weighted by Gasteiger charge is -2.32. The van der Waals surface area contributed by atoms with E-state index in [2.05, 4.69) is 0 Å². The molecule has 1 saturated heterocycles. The van der Waals surface area contributed by atoms with Crippen LogP contribution in [-0.4, -0.2) is 40.3 Å². The molecule has 1 aliphatic heterocycles. The van der Waals surface area contributed by atoms with Gasteiger partial charge in [-0.1, -0.05) is 19.3 Å². The van der Waals surface area contributed by atoms with Crippen LogP contribution in [0.4, 0.5) is 4.39 Å². The summed E-state index contributed by atoms with van der Waals surface area (Å²) in [6, 6.07) is 4.15. The highest BCUT2D eigenvalue weighted by molar-refractivity contribution is 5.97. The molecule has 0 unspecified atom stereocenters. The Labute approximate surface area is 164 Å². The first-order valence-electron chi connectivity index (χ1n) is 10.4. The zero-order chi connectivity index (χ0) is 19.7. The SMILES string of the molecule is N[C@H](C(=O)N1CCC[C@H]1Cn1cc(C=O)c2cc(F)ccc21)C1CCCCC1. The molecule has 2 aliphatic rings. The summed E-state index contributed by atoms with van der Waals surface area (Å²) >= 11 is 0. The minimum absolute atomic E-state index is 0.0577. The molecular weight excluding hydrogens is 357 g/mol. The van der Waals surface area contributed by atoms with E-state index in [0.29, 0.717) is 23.4 Å². The van der Waals surface area contributed by atoms with Gasteiger partial charge in [-0.15, -0.1) is 0 Å². The Morgan fingerprint density at radius 2 is 2.00 bits per heavy atom. The molecule has 150 valence electrons. The monoisotopic (exact) mass is 385 g/mol. The number of fused-ring (bicyclic) bond motifs is 1. The molecule has 0 radical (unpaired) electrons. The third-order valence-corrected chi connectivity index (χ3v) is 6.51. The van der Waals surface area contributed by atoms with E-state index < -0.39 is 6.04 Å². The number of amides is 1. The second-order valence-corrected chi connectivity index (χ2v) is 8.27. The molecule has 0 bridgehead atoms. The minimum Gasteiger partial charge on any atom is -0.345 e. The predicted octanol–water partition coefficient (Wildman–Crippen LogP) is 3.49. The normalized spacial score (nSPS) is 21.9. The van der Waals surface area contributed by atoms with Gasteiger partial charge in [-0.2, -0.15) is 0 Å². The first-order valence-corrected chi connectivity index (χ1v) is 10.4. The third kappa shape index (κ3) is 3.58. The van der Waals surface area contributed by atoms with Crippen LogP contribution in [0.5, 0.6) is 0 Å². The lowest BCUT2D eigenvalue weighted by molar-refractivity contribution is -0.135. The van der Waals surface area contributed by atoms with Crippen molar-refractivity contribution in [1.29, 1.82) is 0 Å². The summed E-state index contributed by atoms with van der Waals surface area (Å²) in [5, 5.41) is 0.616. The van der Waals surface area contributed by atoms with E-state index in [0.717, 1.165) is 56.9 Å². The maximum atomic E-state index is 13.6. The van der Waals surface area contributed by atoms with Gasteiger partial charge in [0.15, 0.2) is 6.29 Å². The second kappa shape index (κ2) is 8.03. The number of rotatable bonds is 5. The molecule has 6 heteroatoms. The van der Waals surface area contributed by atoms with Crippen LogP contribution >= 0.6 is 0 Å². The highest BCUT2D eigenvalue weighted by atomic mass is 19.1. The molecule has 2 N–H and O–H groups in total. The van der Waals surface area contributed by atoms with Gasteiger partial charge in [0.2, 0.25) is 5.91 Å². The number of halogens is 1. The topological polar surface area (TPSA) is 68.3 Å². The molecule has 2 aromatic rings. The number of hydrogen-bond donors (Lipinski definition) is 1. The van der Waals surface area contributed by atoms with Crippen molar-refractivity contribution in [3.63, 3.8) is 0 Å². The van der Waals surface area contributed by atoms with E-state index in [4.69, 9.17) is 5.73 Å². The van der Waals surface area contributed by atoms with Gasteiger partial charge in [-0.3, -0.25) is 9.59 Å². The van der Waals surface area contributed by atoms with Gasteiger partial charge in [-0.05, 0) is 49.8 Å². The van der Waals surface area contributed by atoms with Crippen LogP contribution in [0.25, 0.3) is 10.9 Å². The molecule has 2 fully saturated rings. The Hall–Kier alpha value is -2.21. The van der Waals surface area contributed by atoms with Crippen molar-refractivity contribution in [2.75, 3.05) is 6.54 Å². The van der Waals surface area contributed by atoms with Crippen molar-refractivity contribution in [3.8, 4) is 0 Å². The fourth-order valence-electron chi connectivity index (χ4n) is 4.97. The minimum atomic E-state index is -0.415. The number of carbonyl (C=O) groups is 2. The maximum absolute atomic E-state index is 13.6. The molecule has 1 amide bonds. The van der Waals surface area contributed by atoms with Gasteiger partial charge in [-0.25, -0.2) is 4.39 Å². The molecule has 0 spiro atoms. The number of benzene rings is 1. The zero-order valence-electron chi connectivity index (χ0n) is 16.1. The van der Waals surface area contributed by atoms with E-state index in [1.165, 1.54) is 18.6 Å². The van der Waals surface area contributed by atoms with E-state index in [-0.39, 0.29) is 17.8 Å². The summed E-state index contributed by atoms with van der Waals surface area (Å²) in [5.74, 6) is -0.00320. The molecule has 2 atom stereocenters. The molecule has 1 aliphatic carbocycles. The van der Waals surface area contributed by atoms with E-state index >= 15 is 0 Å². The van der Waals surface area contributed by atoms with Gasteiger partial charge < -0.3 is 15.2 Å². The maximum Gasteiger partial charge on any atom is 0.240 e. The second-order valence-electron chi connectivity index (χ2n) is 8.27. The van der Waals surface area contributed by atoms with Gasteiger partial charge in [0.1, 0.15) is 5.82 Å². The molecule has 1 saturated carbocycles. The number of nitrogens with two attached hydrogens (primary N) is 1. The zero-order valence-corrected chi connectivity index (χ0v) is 16.1. The Bertz CT molecular complexity index is 872. The van der Waals surface area contributed by atoms with Crippen LogP contribution < -0.4 is 5.73 Å². The van der Waals surface area contributed by atoms with Crippen molar-refractivity contribution < 1.29 is 14.0 Å². The molecular formula is C22H28FN3O2. The molecule has 1 aromatic carbocycles. The average molecular weight is 385 g/mol. The van der Waals surface area contributed by atoms with Crippen LogP contribution in [0, 0.1) is 11.7 Å². The summed E-state index contributed by atoms with van der Waals surface area (Å²) in [7, 11) is 0. The number of aromatic nitrogens is 1. The lowest BCUT2D eigenvalue weighted by Crippen LogP contribution is -2.50. The Kier molecular flexibility index (Phi) is 5.49. The largest absolute Gasteiger partial charge is 0.345 e. The molecule has 4 rings (SSSR count). The quantitative estimate of drug-likeness (QED) is 0.801. The van der Waals surface area contributed by atoms with Crippen LogP contribution in [0.1, 0.15) is 55.3 Å². The highest BCUT2D eigenvalue weighted by Crippen LogP contribution is 2.29.